The van der Waals surface area contributed by atoms with Crippen LogP contribution in [0.3, 0.4) is 0 Å². The van der Waals surface area contributed by atoms with Crippen molar-refractivity contribution in [3.05, 3.63) is 58.1 Å². The van der Waals surface area contributed by atoms with Gasteiger partial charge in [0, 0.05) is 15.7 Å². The van der Waals surface area contributed by atoms with E-state index in [1.807, 2.05) is 42.5 Å². The van der Waals surface area contributed by atoms with Crippen molar-refractivity contribution in [2.24, 2.45) is 0 Å². The molecule has 0 amide bonds. The molecule has 0 aliphatic heterocycles. The van der Waals surface area contributed by atoms with Crippen molar-refractivity contribution in [3.63, 3.8) is 0 Å². The SMILES string of the molecule is Cc1ccc(OCc2ccc(Br)cc2N)cc1. The lowest BCUT2D eigenvalue weighted by molar-refractivity contribution is 0.307. The third kappa shape index (κ3) is 3.24. The molecular formula is C14H14BrNO. The Labute approximate surface area is 110 Å². The Bertz CT molecular complexity index is 508. The van der Waals surface area contributed by atoms with Crippen molar-refractivity contribution in [2.45, 2.75) is 13.5 Å². The zero-order valence-corrected chi connectivity index (χ0v) is 11.2. The maximum absolute atomic E-state index is 5.90. The second-order valence-corrected chi connectivity index (χ2v) is 4.86. The zero-order chi connectivity index (χ0) is 12.3. The maximum atomic E-state index is 5.90. The molecular weight excluding hydrogens is 278 g/mol. The molecule has 2 rings (SSSR count). The predicted molar refractivity (Wildman–Crippen MR) is 74.1 cm³/mol. The summed E-state index contributed by atoms with van der Waals surface area (Å²) < 4.78 is 6.65. The van der Waals surface area contributed by atoms with E-state index < -0.39 is 0 Å². The summed E-state index contributed by atoms with van der Waals surface area (Å²) in [4.78, 5) is 0. The Hall–Kier alpha value is -1.48. The Kier molecular flexibility index (Phi) is 3.69. The van der Waals surface area contributed by atoms with E-state index in [1.165, 1.54) is 5.56 Å². The Morgan fingerprint density at radius 3 is 2.47 bits per heavy atom. The Balaban J connectivity index is 2.04. The number of halogens is 1. The molecule has 0 aliphatic rings. The van der Waals surface area contributed by atoms with Crippen LogP contribution in [0.15, 0.2) is 46.9 Å². The fraction of sp³-hybridized carbons (Fsp3) is 0.143. The van der Waals surface area contributed by atoms with Gasteiger partial charge in [0.2, 0.25) is 0 Å². The Morgan fingerprint density at radius 2 is 1.82 bits per heavy atom. The van der Waals surface area contributed by atoms with Gasteiger partial charge in [-0.15, -0.1) is 0 Å². The number of aryl methyl sites for hydroxylation is 1. The molecule has 17 heavy (non-hydrogen) atoms. The van der Waals surface area contributed by atoms with Crippen LogP contribution in [-0.4, -0.2) is 0 Å². The van der Waals surface area contributed by atoms with Crippen molar-refractivity contribution < 1.29 is 4.74 Å². The van der Waals surface area contributed by atoms with Gasteiger partial charge in [0.05, 0.1) is 0 Å². The summed E-state index contributed by atoms with van der Waals surface area (Å²) in [7, 11) is 0. The van der Waals surface area contributed by atoms with Gasteiger partial charge in [-0.25, -0.2) is 0 Å². The standard InChI is InChI=1S/C14H14BrNO/c1-10-2-6-13(7-3-10)17-9-11-4-5-12(15)8-14(11)16/h2-8H,9,16H2,1H3. The number of rotatable bonds is 3. The van der Waals surface area contributed by atoms with Gasteiger partial charge in [-0.1, -0.05) is 39.7 Å². The van der Waals surface area contributed by atoms with E-state index >= 15 is 0 Å². The van der Waals surface area contributed by atoms with Crippen LogP contribution in [0, 0.1) is 6.92 Å². The monoisotopic (exact) mass is 291 g/mol. The first kappa shape index (κ1) is 12.0. The van der Waals surface area contributed by atoms with E-state index in [2.05, 4.69) is 22.9 Å². The molecule has 0 unspecified atom stereocenters. The largest absolute Gasteiger partial charge is 0.489 e. The fourth-order valence-corrected chi connectivity index (χ4v) is 1.87. The smallest absolute Gasteiger partial charge is 0.119 e. The third-order valence-corrected chi connectivity index (χ3v) is 3.02. The molecule has 2 N–H and O–H groups in total. The lowest BCUT2D eigenvalue weighted by Crippen LogP contribution is -2.00. The molecule has 2 aromatic carbocycles. The number of nitrogen functional groups attached to an aromatic ring is 1. The Morgan fingerprint density at radius 1 is 1.12 bits per heavy atom. The molecule has 0 atom stereocenters. The molecule has 0 fully saturated rings. The number of nitrogens with two attached hydrogens (primary N) is 1. The van der Waals surface area contributed by atoms with Crippen molar-refractivity contribution >= 4 is 21.6 Å². The van der Waals surface area contributed by atoms with Crippen LogP contribution in [0.25, 0.3) is 0 Å². The molecule has 0 heterocycles. The second-order valence-electron chi connectivity index (χ2n) is 3.94. The van der Waals surface area contributed by atoms with E-state index in [0.717, 1.165) is 21.5 Å². The van der Waals surface area contributed by atoms with Crippen LogP contribution in [-0.2, 0) is 6.61 Å². The number of hydrogen-bond donors (Lipinski definition) is 1. The topological polar surface area (TPSA) is 35.2 Å². The highest BCUT2D eigenvalue weighted by atomic mass is 79.9. The van der Waals surface area contributed by atoms with Crippen molar-refractivity contribution in [1.82, 2.24) is 0 Å². The summed E-state index contributed by atoms with van der Waals surface area (Å²) in [5.74, 6) is 0.859. The van der Waals surface area contributed by atoms with Gasteiger partial charge < -0.3 is 10.5 Å². The van der Waals surface area contributed by atoms with Crippen molar-refractivity contribution in [3.8, 4) is 5.75 Å². The molecule has 0 saturated carbocycles. The molecule has 2 nitrogen and oxygen atoms in total. The minimum atomic E-state index is 0.488. The molecule has 0 saturated heterocycles. The number of benzene rings is 2. The van der Waals surface area contributed by atoms with Gasteiger partial charge >= 0.3 is 0 Å². The summed E-state index contributed by atoms with van der Waals surface area (Å²) in [6, 6.07) is 13.8. The molecule has 3 heteroatoms. The van der Waals surface area contributed by atoms with E-state index in [4.69, 9.17) is 10.5 Å². The molecule has 0 bridgehead atoms. The van der Waals surface area contributed by atoms with Gasteiger partial charge in [-0.3, -0.25) is 0 Å². The number of ether oxygens (including phenoxy) is 1. The van der Waals surface area contributed by atoms with Crippen LogP contribution in [0.4, 0.5) is 5.69 Å². The first-order valence-electron chi connectivity index (χ1n) is 5.38. The summed E-state index contributed by atoms with van der Waals surface area (Å²) >= 11 is 3.38. The molecule has 0 aliphatic carbocycles. The fourth-order valence-electron chi connectivity index (χ4n) is 1.49. The van der Waals surface area contributed by atoms with Gasteiger partial charge in [-0.05, 0) is 31.2 Å². The minimum Gasteiger partial charge on any atom is -0.489 e. The summed E-state index contributed by atoms with van der Waals surface area (Å²) in [6.07, 6.45) is 0. The third-order valence-electron chi connectivity index (χ3n) is 2.52. The zero-order valence-electron chi connectivity index (χ0n) is 9.61. The highest BCUT2D eigenvalue weighted by molar-refractivity contribution is 9.10. The number of hydrogen-bond acceptors (Lipinski definition) is 2. The van der Waals surface area contributed by atoms with E-state index in [9.17, 15) is 0 Å². The average Bonchev–Trinajstić information content (AvgIpc) is 2.30. The van der Waals surface area contributed by atoms with Crippen molar-refractivity contribution in [2.75, 3.05) is 5.73 Å². The lowest BCUT2D eigenvalue weighted by Gasteiger charge is -2.09. The van der Waals surface area contributed by atoms with Gasteiger partial charge in [0.15, 0.2) is 0 Å². The first-order chi connectivity index (χ1) is 8.15. The van der Waals surface area contributed by atoms with Crippen LogP contribution in [0.1, 0.15) is 11.1 Å². The van der Waals surface area contributed by atoms with Gasteiger partial charge in [-0.2, -0.15) is 0 Å². The van der Waals surface area contributed by atoms with E-state index in [0.29, 0.717) is 6.61 Å². The first-order valence-corrected chi connectivity index (χ1v) is 6.18. The summed E-state index contributed by atoms with van der Waals surface area (Å²) in [5, 5.41) is 0. The molecule has 0 radical (unpaired) electrons. The summed E-state index contributed by atoms with van der Waals surface area (Å²) in [6.45, 7) is 2.54. The average molecular weight is 292 g/mol. The van der Waals surface area contributed by atoms with Crippen LogP contribution in [0.2, 0.25) is 0 Å². The number of anilines is 1. The van der Waals surface area contributed by atoms with E-state index in [-0.39, 0.29) is 0 Å². The van der Waals surface area contributed by atoms with Crippen LogP contribution >= 0.6 is 15.9 Å². The quantitative estimate of drug-likeness (QED) is 0.870. The van der Waals surface area contributed by atoms with Crippen molar-refractivity contribution in [1.29, 1.82) is 0 Å². The summed E-state index contributed by atoms with van der Waals surface area (Å²) in [5.41, 5.74) is 8.86. The molecule has 88 valence electrons. The van der Waals surface area contributed by atoms with Gasteiger partial charge in [0.1, 0.15) is 12.4 Å². The molecule has 0 aromatic heterocycles. The molecule has 0 spiro atoms. The van der Waals surface area contributed by atoms with Gasteiger partial charge in [0.25, 0.3) is 0 Å². The maximum Gasteiger partial charge on any atom is 0.119 e. The second kappa shape index (κ2) is 5.23. The predicted octanol–water partition coefficient (Wildman–Crippen LogP) is 3.92. The highest BCUT2D eigenvalue weighted by Gasteiger charge is 2.01. The van der Waals surface area contributed by atoms with Crippen LogP contribution in [0.5, 0.6) is 5.75 Å². The van der Waals surface area contributed by atoms with Crippen LogP contribution < -0.4 is 10.5 Å². The minimum absolute atomic E-state index is 0.488. The van der Waals surface area contributed by atoms with E-state index in [1.54, 1.807) is 0 Å². The lowest BCUT2D eigenvalue weighted by atomic mass is 10.2. The molecule has 2 aromatic rings. The highest BCUT2D eigenvalue weighted by Crippen LogP contribution is 2.20. The normalized spacial score (nSPS) is 10.2.